The second-order valence-corrected chi connectivity index (χ2v) is 7.83. The Kier molecular flexibility index (Phi) is 4.36. The van der Waals surface area contributed by atoms with Crippen LogP contribution in [0.15, 0.2) is 30.3 Å². The molecule has 2 aromatic rings. The van der Waals surface area contributed by atoms with Gasteiger partial charge in [-0.2, -0.15) is 5.26 Å². The largest absolute Gasteiger partial charge is 0.322 e. The van der Waals surface area contributed by atoms with Gasteiger partial charge in [0.2, 0.25) is 0 Å². The third-order valence-electron chi connectivity index (χ3n) is 4.94. The van der Waals surface area contributed by atoms with Gasteiger partial charge in [-0.05, 0) is 56.0 Å². The Morgan fingerprint density at radius 2 is 2.04 bits per heavy atom. The number of fused-ring (bicyclic) bond motifs is 1. The van der Waals surface area contributed by atoms with Crippen molar-refractivity contribution in [3.8, 4) is 6.07 Å². The highest BCUT2D eigenvalue weighted by atomic mass is 32.1. The number of aryl methyl sites for hydroxylation is 1. The minimum Gasteiger partial charge on any atom is -0.322 e. The number of anilines is 1. The molecule has 0 saturated carbocycles. The van der Waals surface area contributed by atoms with Gasteiger partial charge in [0, 0.05) is 11.4 Å². The second-order valence-electron chi connectivity index (χ2n) is 6.36. The molecule has 6 heteroatoms. The van der Waals surface area contributed by atoms with Crippen molar-refractivity contribution in [3.63, 3.8) is 0 Å². The van der Waals surface area contributed by atoms with Crippen LogP contribution in [0.2, 0.25) is 0 Å². The molecule has 1 N–H and O–H groups in total. The molecule has 1 unspecified atom stereocenters. The van der Waals surface area contributed by atoms with Gasteiger partial charge < -0.3 is 4.90 Å². The fourth-order valence-electron chi connectivity index (χ4n) is 3.75. The zero-order valence-corrected chi connectivity index (χ0v) is 15.8. The molecule has 25 heavy (non-hydrogen) atoms. The average molecular weight is 369 g/mol. The summed E-state index contributed by atoms with van der Waals surface area (Å²) in [6.07, 6.45) is 4.46. The number of hydrogen-bond acceptors (Lipinski definition) is 4. The van der Waals surface area contributed by atoms with Gasteiger partial charge in [-0.1, -0.05) is 30.3 Å². The summed E-state index contributed by atoms with van der Waals surface area (Å²) >= 11 is 7.33. The molecule has 128 valence electrons. The Labute approximate surface area is 157 Å². The molecule has 1 aromatic carbocycles. The Balaban J connectivity index is 1.82. The fraction of sp³-hybridized carbons (Fsp3) is 0.368. The number of rotatable bonds is 3. The van der Waals surface area contributed by atoms with Crippen molar-refractivity contribution in [2.45, 2.75) is 38.8 Å². The molecule has 0 radical (unpaired) electrons. The maximum Gasteiger partial charge on any atom is 0.190 e. The Morgan fingerprint density at radius 3 is 2.76 bits per heavy atom. The van der Waals surface area contributed by atoms with Crippen LogP contribution in [-0.2, 0) is 12.8 Å². The van der Waals surface area contributed by atoms with Crippen molar-refractivity contribution in [1.82, 2.24) is 10.3 Å². The molecule has 0 bridgehead atoms. The lowest BCUT2D eigenvalue weighted by atomic mass is 9.96. The van der Waals surface area contributed by atoms with Crippen molar-refractivity contribution in [2.24, 2.45) is 0 Å². The number of nitriles is 1. The fourth-order valence-corrected chi connectivity index (χ4v) is 5.40. The summed E-state index contributed by atoms with van der Waals surface area (Å²) in [6.45, 7) is 2.92. The van der Waals surface area contributed by atoms with Crippen LogP contribution >= 0.6 is 23.6 Å². The zero-order valence-electron chi connectivity index (χ0n) is 14.2. The van der Waals surface area contributed by atoms with Gasteiger partial charge >= 0.3 is 0 Å². The third kappa shape index (κ3) is 2.68. The minimum absolute atomic E-state index is 0.0223. The van der Waals surface area contributed by atoms with Crippen LogP contribution in [0.25, 0.3) is 0 Å². The van der Waals surface area contributed by atoms with Crippen LogP contribution < -0.4 is 10.4 Å². The van der Waals surface area contributed by atoms with E-state index in [1.165, 1.54) is 28.8 Å². The molecule has 1 atom stereocenters. The van der Waals surface area contributed by atoms with Crippen LogP contribution in [0.5, 0.6) is 0 Å². The van der Waals surface area contributed by atoms with Crippen molar-refractivity contribution in [3.05, 3.63) is 51.9 Å². The first-order valence-corrected chi connectivity index (χ1v) is 9.93. The molecule has 4 rings (SSSR count). The lowest BCUT2D eigenvalue weighted by Crippen LogP contribution is -2.34. The highest BCUT2D eigenvalue weighted by Crippen LogP contribution is 2.43. The third-order valence-corrected chi connectivity index (χ3v) is 6.56. The van der Waals surface area contributed by atoms with E-state index in [1.807, 2.05) is 18.2 Å². The topological polar surface area (TPSA) is 42.3 Å². The van der Waals surface area contributed by atoms with E-state index in [4.69, 9.17) is 12.2 Å². The second kappa shape index (κ2) is 6.66. The summed E-state index contributed by atoms with van der Waals surface area (Å²) in [5, 5.41) is 13.6. The Morgan fingerprint density at radius 1 is 1.28 bits per heavy atom. The van der Waals surface area contributed by atoms with Gasteiger partial charge in [0.1, 0.15) is 17.2 Å². The zero-order chi connectivity index (χ0) is 17.4. The SMILES string of the molecule is CCN1C(=S)NN(c2sc3c(c2C#N)CCCC3)C1c1ccccc1. The number of benzene rings is 1. The van der Waals surface area contributed by atoms with Crippen molar-refractivity contribution < 1.29 is 0 Å². The van der Waals surface area contributed by atoms with E-state index in [0.29, 0.717) is 5.11 Å². The lowest BCUT2D eigenvalue weighted by molar-refractivity contribution is 0.363. The summed E-state index contributed by atoms with van der Waals surface area (Å²) in [5.41, 5.74) is 6.61. The van der Waals surface area contributed by atoms with E-state index in [-0.39, 0.29) is 6.17 Å². The predicted octanol–water partition coefficient (Wildman–Crippen LogP) is 4.13. The van der Waals surface area contributed by atoms with Gasteiger partial charge in [-0.3, -0.25) is 5.43 Å². The summed E-state index contributed by atoms with van der Waals surface area (Å²) in [4.78, 5) is 3.54. The first kappa shape index (κ1) is 16.4. The van der Waals surface area contributed by atoms with E-state index in [9.17, 15) is 5.26 Å². The Bertz CT molecular complexity index is 837. The van der Waals surface area contributed by atoms with Gasteiger partial charge in [0.25, 0.3) is 0 Å². The minimum atomic E-state index is -0.0223. The number of hydrazine groups is 1. The lowest BCUT2D eigenvalue weighted by Gasteiger charge is -2.29. The molecule has 1 aliphatic heterocycles. The number of nitrogens with zero attached hydrogens (tertiary/aromatic N) is 3. The monoisotopic (exact) mass is 368 g/mol. The summed E-state index contributed by atoms with van der Waals surface area (Å²) in [7, 11) is 0. The maximum atomic E-state index is 9.83. The van der Waals surface area contributed by atoms with Crippen LogP contribution in [0.1, 0.15) is 47.5 Å². The number of hydrogen-bond donors (Lipinski definition) is 1. The first-order chi connectivity index (χ1) is 12.2. The first-order valence-electron chi connectivity index (χ1n) is 8.70. The van der Waals surface area contributed by atoms with Gasteiger partial charge in [-0.15, -0.1) is 11.3 Å². The molecule has 0 spiro atoms. The normalized spacial score (nSPS) is 19.5. The summed E-state index contributed by atoms with van der Waals surface area (Å²) in [5.74, 6) is 0. The van der Waals surface area contributed by atoms with E-state index in [0.717, 1.165) is 30.0 Å². The standard InChI is InChI=1S/C19H20N4S2/c1-2-22-17(13-8-4-3-5-9-13)23(21-19(22)24)18-15(12-20)14-10-6-7-11-16(14)25-18/h3-5,8-9,17H,2,6-7,10-11H2,1H3,(H,21,24). The van der Waals surface area contributed by atoms with Gasteiger partial charge in [-0.25, -0.2) is 5.01 Å². The molecule has 1 saturated heterocycles. The van der Waals surface area contributed by atoms with Crippen molar-refractivity contribution in [1.29, 1.82) is 5.26 Å². The van der Waals surface area contributed by atoms with Gasteiger partial charge in [0.05, 0.1) is 5.56 Å². The van der Waals surface area contributed by atoms with Crippen LogP contribution in [0.3, 0.4) is 0 Å². The van der Waals surface area contributed by atoms with Crippen LogP contribution in [0, 0.1) is 11.3 Å². The Hall–Kier alpha value is -2.10. The van der Waals surface area contributed by atoms with E-state index >= 15 is 0 Å². The number of thiophene rings is 1. The molecule has 1 aliphatic carbocycles. The summed E-state index contributed by atoms with van der Waals surface area (Å²) in [6, 6.07) is 12.8. The highest BCUT2D eigenvalue weighted by Gasteiger charge is 2.38. The molecule has 2 heterocycles. The maximum absolute atomic E-state index is 9.83. The van der Waals surface area contributed by atoms with Crippen molar-refractivity contribution in [2.75, 3.05) is 11.6 Å². The molecule has 2 aliphatic rings. The van der Waals surface area contributed by atoms with Crippen LogP contribution in [-0.4, -0.2) is 16.6 Å². The van der Waals surface area contributed by atoms with E-state index in [2.05, 4.69) is 40.5 Å². The highest BCUT2D eigenvalue weighted by molar-refractivity contribution is 7.80. The molecule has 4 nitrogen and oxygen atoms in total. The van der Waals surface area contributed by atoms with E-state index in [1.54, 1.807) is 11.3 Å². The smallest absolute Gasteiger partial charge is 0.190 e. The molecular formula is C19H20N4S2. The van der Waals surface area contributed by atoms with Gasteiger partial charge in [0.15, 0.2) is 5.11 Å². The number of thiocarbonyl (C=S) groups is 1. The molecule has 1 aromatic heterocycles. The van der Waals surface area contributed by atoms with Crippen LogP contribution in [0.4, 0.5) is 5.00 Å². The number of nitrogens with one attached hydrogen (secondary N) is 1. The predicted molar refractivity (Wildman–Crippen MR) is 105 cm³/mol. The molecular weight excluding hydrogens is 348 g/mol. The quantitative estimate of drug-likeness (QED) is 0.825. The van der Waals surface area contributed by atoms with E-state index < -0.39 is 0 Å². The van der Waals surface area contributed by atoms with Crippen molar-refractivity contribution >= 4 is 33.7 Å². The average Bonchev–Trinajstić information content (AvgIpc) is 3.19. The molecule has 0 amide bonds. The summed E-state index contributed by atoms with van der Waals surface area (Å²) < 4.78 is 0. The molecule has 1 fully saturated rings.